The van der Waals surface area contributed by atoms with Gasteiger partial charge in [0.05, 0.1) is 16.1 Å². The van der Waals surface area contributed by atoms with E-state index in [0.29, 0.717) is 10.0 Å². The largest absolute Gasteiger partial charge is 0.372 e. The van der Waals surface area contributed by atoms with Crippen LogP contribution in [0.25, 0.3) is 0 Å². The minimum absolute atomic E-state index is 0.0164. The van der Waals surface area contributed by atoms with Crippen LogP contribution in [-0.4, -0.2) is 6.04 Å². The Morgan fingerprint density at radius 3 is 2.62 bits per heavy atom. The molecule has 0 amide bonds. The fourth-order valence-corrected chi connectivity index (χ4v) is 1.18. The highest BCUT2D eigenvalue weighted by molar-refractivity contribution is 6.42. The van der Waals surface area contributed by atoms with Crippen LogP contribution in [0.1, 0.15) is 6.92 Å². The summed E-state index contributed by atoms with van der Waals surface area (Å²) in [5.41, 5.74) is 0.875. The minimum atomic E-state index is -0.0164. The zero-order valence-electron chi connectivity index (χ0n) is 7.14. The molecule has 0 aliphatic heterocycles. The van der Waals surface area contributed by atoms with Gasteiger partial charge in [-0.15, -0.1) is 6.42 Å². The van der Waals surface area contributed by atoms with Gasteiger partial charge in [0.25, 0.3) is 0 Å². The lowest BCUT2D eigenvalue weighted by molar-refractivity contribution is 1.04. The summed E-state index contributed by atoms with van der Waals surface area (Å²) in [6.07, 6.45) is 5.22. The predicted molar refractivity (Wildman–Crippen MR) is 58.4 cm³/mol. The second kappa shape index (κ2) is 4.41. The van der Waals surface area contributed by atoms with Crippen LogP contribution < -0.4 is 5.32 Å². The van der Waals surface area contributed by atoms with E-state index in [2.05, 4.69) is 11.2 Å². The molecule has 1 atom stereocenters. The van der Waals surface area contributed by atoms with E-state index in [4.69, 9.17) is 29.6 Å². The smallest absolute Gasteiger partial charge is 0.0845 e. The Morgan fingerprint density at radius 1 is 1.38 bits per heavy atom. The monoisotopic (exact) mass is 213 g/mol. The number of hydrogen-bond donors (Lipinski definition) is 1. The summed E-state index contributed by atoms with van der Waals surface area (Å²) in [4.78, 5) is 0. The van der Waals surface area contributed by atoms with Crippen molar-refractivity contribution in [3.05, 3.63) is 28.2 Å². The fraction of sp³-hybridized carbons (Fsp3) is 0.200. The van der Waals surface area contributed by atoms with E-state index in [1.165, 1.54) is 0 Å². The lowest BCUT2D eigenvalue weighted by atomic mass is 10.3. The van der Waals surface area contributed by atoms with Gasteiger partial charge >= 0.3 is 0 Å². The van der Waals surface area contributed by atoms with E-state index in [1.54, 1.807) is 12.1 Å². The molecular formula is C10H9Cl2N. The standard InChI is InChI=1S/C10H9Cl2N/c1-3-7(2)13-8-4-5-9(11)10(12)6-8/h1,4-7,13H,2H3. The van der Waals surface area contributed by atoms with Gasteiger partial charge in [0.2, 0.25) is 0 Å². The summed E-state index contributed by atoms with van der Waals surface area (Å²) in [6.45, 7) is 1.89. The zero-order chi connectivity index (χ0) is 9.84. The van der Waals surface area contributed by atoms with Crippen LogP contribution in [0.15, 0.2) is 18.2 Å². The summed E-state index contributed by atoms with van der Waals surface area (Å²) < 4.78 is 0. The number of hydrogen-bond acceptors (Lipinski definition) is 1. The predicted octanol–water partition coefficient (Wildman–Crippen LogP) is 3.43. The van der Waals surface area contributed by atoms with Gasteiger partial charge in [-0.05, 0) is 25.1 Å². The topological polar surface area (TPSA) is 12.0 Å². The molecule has 0 saturated carbocycles. The maximum atomic E-state index is 5.82. The first-order valence-corrected chi connectivity index (χ1v) is 4.57. The third-order valence-corrected chi connectivity index (χ3v) is 2.29. The van der Waals surface area contributed by atoms with Gasteiger partial charge in [-0.1, -0.05) is 29.1 Å². The van der Waals surface area contributed by atoms with Crippen molar-refractivity contribution in [2.75, 3.05) is 5.32 Å². The maximum absolute atomic E-state index is 5.82. The molecule has 1 nitrogen and oxygen atoms in total. The van der Waals surface area contributed by atoms with Crippen LogP contribution in [-0.2, 0) is 0 Å². The molecule has 0 aliphatic carbocycles. The highest BCUT2D eigenvalue weighted by Gasteiger charge is 2.00. The van der Waals surface area contributed by atoms with Gasteiger partial charge in [-0.25, -0.2) is 0 Å². The van der Waals surface area contributed by atoms with Crippen molar-refractivity contribution in [3.63, 3.8) is 0 Å². The summed E-state index contributed by atoms with van der Waals surface area (Å²) >= 11 is 11.6. The minimum Gasteiger partial charge on any atom is -0.372 e. The van der Waals surface area contributed by atoms with Crippen molar-refractivity contribution >= 4 is 28.9 Å². The summed E-state index contributed by atoms with van der Waals surface area (Å²) in [7, 11) is 0. The molecule has 1 aromatic carbocycles. The van der Waals surface area contributed by atoms with Crippen LogP contribution in [0.4, 0.5) is 5.69 Å². The SMILES string of the molecule is C#CC(C)Nc1ccc(Cl)c(Cl)c1. The highest BCUT2D eigenvalue weighted by atomic mass is 35.5. The van der Waals surface area contributed by atoms with Crippen molar-refractivity contribution < 1.29 is 0 Å². The number of nitrogens with one attached hydrogen (secondary N) is 1. The highest BCUT2D eigenvalue weighted by Crippen LogP contribution is 2.25. The van der Waals surface area contributed by atoms with E-state index in [1.807, 2.05) is 13.0 Å². The second-order valence-electron chi connectivity index (χ2n) is 2.66. The third-order valence-electron chi connectivity index (χ3n) is 1.55. The van der Waals surface area contributed by atoms with E-state index in [9.17, 15) is 0 Å². The van der Waals surface area contributed by atoms with Crippen molar-refractivity contribution in [2.45, 2.75) is 13.0 Å². The van der Waals surface area contributed by atoms with Gasteiger partial charge in [0.1, 0.15) is 0 Å². The Hall–Kier alpha value is -0.840. The molecule has 0 aromatic heterocycles. The lowest BCUT2D eigenvalue weighted by Crippen LogP contribution is -2.11. The Labute approximate surface area is 88.0 Å². The maximum Gasteiger partial charge on any atom is 0.0845 e. The van der Waals surface area contributed by atoms with Crippen LogP contribution in [0.5, 0.6) is 0 Å². The zero-order valence-corrected chi connectivity index (χ0v) is 8.65. The quantitative estimate of drug-likeness (QED) is 0.743. The Morgan fingerprint density at radius 2 is 2.08 bits per heavy atom. The first kappa shape index (κ1) is 10.2. The molecule has 0 spiro atoms. The molecule has 68 valence electrons. The van der Waals surface area contributed by atoms with E-state index in [0.717, 1.165) is 5.69 Å². The van der Waals surface area contributed by atoms with Crippen molar-refractivity contribution in [3.8, 4) is 12.3 Å². The molecule has 3 heteroatoms. The molecule has 0 saturated heterocycles. The van der Waals surface area contributed by atoms with E-state index in [-0.39, 0.29) is 6.04 Å². The average Bonchev–Trinajstić information content (AvgIpc) is 2.11. The van der Waals surface area contributed by atoms with Gasteiger partial charge in [0.15, 0.2) is 0 Å². The van der Waals surface area contributed by atoms with Gasteiger partial charge in [0, 0.05) is 5.69 Å². The van der Waals surface area contributed by atoms with Crippen molar-refractivity contribution in [2.24, 2.45) is 0 Å². The van der Waals surface area contributed by atoms with Crippen LogP contribution in [0.2, 0.25) is 10.0 Å². The molecular weight excluding hydrogens is 205 g/mol. The summed E-state index contributed by atoms with van der Waals surface area (Å²) in [5.74, 6) is 2.56. The number of halogens is 2. The molecule has 0 radical (unpaired) electrons. The number of benzene rings is 1. The molecule has 1 rings (SSSR count). The van der Waals surface area contributed by atoms with Crippen LogP contribution in [0.3, 0.4) is 0 Å². The van der Waals surface area contributed by atoms with Gasteiger partial charge in [-0.2, -0.15) is 0 Å². The second-order valence-corrected chi connectivity index (χ2v) is 3.48. The molecule has 0 heterocycles. The number of terminal acetylenes is 1. The molecule has 0 fully saturated rings. The Balaban J connectivity index is 2.81. The van der Waals surface area contributed by atoms with Gasteiger partial charge < -0.3 is 5.32 Å². The van der Waals surface area contributed by atoms with E-state index < -0.39 is 0 Å². The molecule has 1 unspecified atom stereocenters. The first-order chi connectivity index (χ1) is 6.13. The lowest BCUT2D eigenvalue weighted by Gasteiger charge is -2.09. The summed E-state index contributed by atoms with van der Waals surface area (Å²) in [5, 5.41) is 4.15. The fourth-order valence-electron chi connectivity index (χ4n) is 0.878. The molecule has 0 aliphatic rings. The van der Waals surface area contributed by atoms with E-state index >= 15 is 0 Å². The molecule has 13 heavy (non-hydrogen) atoms. The van der Waals surface area contributed by atoms with Crippen LogP contribution >= 0.6 is 23.2 Å². The molecule has 1 N–H and O–H groups in total. The third kappa shape index (κ3) is 2.84. The number of anilines is 1. The van der Waals surface area contributed by atoms with Crippen molar-refractivity contribution in [1.82, 2.24) is 0 Å². The normalized spacial score (nSPS) is 11.8. The molecule has 1 aromatic rings. The average molecular weight is 214 g/mol. The Bertz CT molecular complexity index is 341. The first-order valence-electron chi connectivity index (χ1n) is 3.81. The molecule has 0 bridgehead atoms. The summed E-state index contributed by atoms with van der Waals surface area (Å²) in [6, 6.07) is 5.30. The van der Waals surface area contributed by atoms with Crippen molar-refractivity contribution in [1.29, 1.82) is 0 Å². The Kier molecular flexibility index (Phi) is 3.48. The van der Waals surface area contributed by atoms with Gasteiger partial charge in [-0.3, -0.25) is 0 Å². The number of rotatable bonds is 2. The van der Waals surface area contributed by atoms with Crippen LogP contribution in [0, 0.1) is 12.3 Å².